The Kier molecular flexibility index (Phi) is 28.1. The van der Waals surface area contributed by atoms with Crippen molar-refractivity contribution in [3.63, 3.8) is 0 Å². The molecule has 0 bridgehead atoms. The van der Waals surface area contributed by atoms with Gasteiger partial charge in [0, 0.05) is 19.6 Å². The summed E-state index contributed by atoms with van der Waals surface area (Å²) in [6.07, 6.45) is 15.5. The molecule has 0 aromatic heterocycles. The number of aliphatic hydroxyl groups excluding tert-OH is 3. The Balaban J connectivity index is 0. The van der Waals surface area contributed by atoms with Gasteiger partial charge >= 0.3 is 29.6 Å². The van der Waals surface area contributed by atoms with Gasteiger partial charge in [-0.3, -0.25) is 4.90 Å². The predicted molar refractivity (Wildman–Crippen MR) is 127 cm³/mol. The van der Waals surface area contributed by atoms with E-state index in [1.807, 2.05) is 0 Å². The van der Waals surface area contributed by atoms with Crippen LogP contribution in [-0.4, -0.2) is 89.2 Å². The van der Waals surface area contributed by atoms with Crippen LogP contribution in [0.1, 0.15) is 76.7 Å². The quantitative estimate of drug-likeness (QED) is 0.266. The Morgan fingerprint density at radius 1 is 0.621 bits per heavy atom. The van der Waals surface area contributed by atoms with Gasteiger partial charge in [-0.25, -0.2) is 0 Å². The molecule has 0 saturated heterocycles. The second-order valence-corrected chi connectivity index (χ2v) is 7.43. The minimum absolute atomic E-state index is 0. The Hall–Kier alpha value is 0.0600. The van der Waals surface area contributed by atoms with Crippen molar-refractivity contribution in [3.05, 3.63) is 35.9 Å². The molecule has 0 atom stereocenters. The van der Waals surface area contributed by atoms with E-state index in [1.165, 1.54) is 76.2 Å². The van der Waals surface area contributed by atoms with Crippen LogP contribution < -0.4 is 0 Å². The summed E-state index contributed by atoms with van der Waals surface area (Å²) in [5.74, 6) is 0. The Morgan fingerprint density at radius 2 is 1.03 bits per heavy atom. The van der Waals surface area contributed by atoms with Gasteiger partial charge in [0.1, 0.15) is 0 Å². The molecule has 0 unspecified atom stereocenters. The third-order valence-electron chi connectivity index (χ3n) is 4.91. The van der Waals surface area contributed by atoms with Crippen LogP contribution in [0.2, 0.25) is 0 Å². The Labute approximate surface area is 202 Å². The zero-order valence-electron chi connectivity index (χ0n) is 18.2. The number of aliphatic hydroxyl groups is 3. The first-order chi connectivity index (χ1) is 13.8. The topological polar surface area (TPSA) is 63.9 Å². The first-order valence-corrected chi connectivity index (χ1v) is 11.4. The number of unbranched alkanes of at least 4 members (excludes halogenated alkanes) is 9. The Morgan fingerprint density at radius 3 is 1.45 bits per heavy atom. The Bertz CT molecular complexity index is 392. The van der Waals surface area contributed by atoms with Gasteiger partial charge in [-0.2, -0.15) is 0 Å². The van der Waals surface area contributed by atoms with Crippen molar-refractivity contribution in [1.82, 2.24) is 4.90 Å². The molecule has 29 heavy (non-hydrogen) atoms. The average molecular weight is 420 g/mol. The number of aryl methyl sites for hydroxylation is 1. The zero-order chi connectivity index (χ0) is 20.7. The average Bonchev–Trinajstić information content (AvgIpc) is 2.71. The molecular weight excluding hydrogens is 373 g/mol. The van der Waals surface area contributed by atoms with Crippen LogP contribution in [-0.2, 0) is 6.42 Å². The minimum atomic E-state index is 0. The van der Waals surface area contributed by atoms with Crippen molar-refractivity contribution >= 4 is 29.6 Å². The summed E-state index contributed by atoms with van der Waals surface area (Å²) in [5.41, 5.74) is 1.50. The molecular formula is C24H46NNaO3. The summed E-state index contributed by atoms with van der Waals surface area (Å²) < 4.78 is 0. The fourth-order valence-corrected chi connectivity index (χ4v) is 3.22. The van der Waals surface area contributed by atoms with E-state index in [0.717, 1.165) is 0 Å². The molecule has 166 valence electrons. The van der Waals surface area contributed by atoms with E-state index in [2.05, 4.69) is 37.3 Å². The third-order valence-corrected chi connectivity index (χ3v) is 4.91. The van der Waals surface area contributed by atoms with Gasteiger partial charge in [0.15, 0.2) is 0 Å². The van der Waals surface area contributed by atoms with Crippen molar-refractivity contribution in [3.8, 4) is 0 Å². The fourth-order valence-electron chi connectivity index (χ4n) is 3.22. The number of benzene rings is 1. The van der Waals surface area contributed by atoms with E-state index in [-0.39, 0.29) is 49.4 Å². The molecule has 0 saturated carbocycles. The van der Waals surface area contributed by atoms with E-state index in [9.17, 15) is 0 Å². The zero-order valence-corrected chi connectivity index (χ0v) is 18.2. The first kappa shape index (κ1) is 31.2. The molecule has 0 aliphatic carbocycles. The molecule has 1 aromatic rings. The van der Waals surface area contributed by atoms with Gasteiger partial charge in [-0.05, 0) is 18.4 Å². The van der Waals surface area contributed by atoms with Crippen LogP contribution >= 0.6 is 0 Å². The van der Waals surface area contributed by atoms with Gasteiger partial charge in [-0.15, -0.1) is 0 Å². The molecule has 0 amide bonds. The second-order valence-electron chi connectivity index (χ2n) is 7.43. The number of hydrogen-bond donors (Lipinski definition) is 3. The van der Waals surface area contributed by atoms with Gasteiger partial charge < -0.3 is 15.3 Å². The van der Waals surface area contributed by atoms with Gasteiger partial charge in [0.25, 0.3) is 0 Å². The maximum absolute atomic E-state index is 8.48. The third kappa shape index (κ3) is 22.6. The molecule has 4 nitrogen and oxygen atoms in total. The maximum atomic E-state index is 8.48. The van der Waals surface area contributed by atoms with E-state index >= 15 is 0 Å². The van der Waals surface area contributed by atoms with E-state index in [0.29, 0.717) is 19.6 Å². The van der Waals surface area contributed by atoms with Crippen LogP contribution in [0.3, 0.4) is 0 Å². The van der Waals surface area contributed by atoms with Crippen LogP contribution in [0.5, 0.6) is 0 Å². The standard InChI is InChI=1S/C18H30.C6H15NO3.Na.H/c1-2-3-4-5-6-7-8-9-10-12-15-18-16-13-11-14-17-18;8-4-1-7(2-5-9)3-6-10;;/h11,13-14,16-17H,2-10,12,15H2,1H3;8-10H,1-6H2;;. The van der Waals surface area contributed by atoms with Crippen molar-refractivity contribution < 1.29 is 15.3 Å². The molecule has 0 aliphatic rings. The summed E-state index contributed by atoms with van der Waals surface area (Å²) in [6.45, 7) is 4.04. The molecule has 1 aromatic carbocycles. The molecule has 0 heterocycles. The van der Waals surface area contributed by atoms with Crippen LogP contribution in [0, 0.1) is 0 Å². The van der Waals surface area contributed by atoms with Crippen molar-refractivity contribution in [2.75, 3.05) is 39.5 Å². The van der Waals surface area contributed by atoms with Crippen LogP contribution in [0.4, 0.5) is 0 Å². The molecule has 5 heteroatoms. The molecule has 0 aliphatic heterocycles. The summed E-state index contributed by atoms with van der Waals surface area (Å²) in [6, 6.07) is 10.9. The van der Waals surface area contributed by atoms with Crippen LogP contribution in [0.15, 0.2) is 30.3 Å². The molecule has 3 N–H and O–H groups in total. The predicted octanol–water partition coefficient (Wildman–Crippen LogP) is 3.77. The monoisotopic (exact) mass is 419 g/mol. The number of nitrogens with zero attached hydrogens (tertiary/aromatic N) is 1. The van der Waals surface area contributed by atoms with E-state index in [4.69, 9.17) is 15.3 Å². The van der Waals surface area contributed by atoms with E-state index in [1.54, 1.807) is 4.90 Å². The SMILES string of the molecule is CCCCCCCCCCCCc1ccccc1.OCCN(CCO)CCO.[NaH]. The van der Waals surface area contributed by atoms with Gasteiger partial charge in [0.2, 0.25) is 0 Å². The molecule has 1 rings (SSSR count). The van der Waals surface area contributed by atoms with E-state index < -0.39 is 0 Å². The summed E-state index contributed by atoms with van der Waals surface area (Å²) >= 11 is 0. The fraction of sp³-hybridized carbons (Fsp3) is 0.750. The second kappa shape index (κ2) is 26.1. The summed E-state index contributed by atoms with van der Waals surface area (Å²) in [7, 11) is 0. The van der Waals surface area contributed by atoms with Crippen molar-refractivity contribution in [1.29, 1.82) is 0 Å². The molecule has 0 fully saturated rings. The van der Waals surface area contributed by atoms with Gasteiger partial charge in [0.05, 0.1) is 19.8 Å². The normalized spacial score (nSPS) is 10.4. The van der Waals surface area contributed by atoms with Crippen molar-refractivity contribution in [2.24, 2.45) is 0 Å². The number of rotatable bonds is 17. The summed E-state index contributed by atoms with van der Waals surface area (Å²) in [4.78, 5) is 1.79. The summed E-state index contributed by atoms with van der Waals surface area (Å²) in [5, 5.41) is 25.5. The van der Waals surface area contributed by atoms with Crippen molar-refractivity contribution in [2.45, 2.75) is 77.6 Å². The molecule has 0 spiro atoms. The van der Waals surface area contributed by atoms with Crippen LogP contribution in [0.25, 0.3) is 0 Å². The molecule has 0 radical (unpaired) electrons. The van der Waals surface area contributed by atoms with Gasteiger partial charge in [-0.1, -0.05) is 95.0 Å². The first-order valence-electron chi connectivity index (χ1n) is 11.4. The number of hydrogen-bond acceptors (Lipinski definition) is 4.